The van der Waals surface area contributed by atoms with E-state index in [2.05, 4.69) is 20.8 Å². The molecule has 0 fully saturated rings. The summed E-state index contributed by atoms with van der Waals surface area (Å²) in [5.41, 5.74) is 0.599. The van der Waals surface area contributed by atoms with E-state index in [1.807, 2.05) is 13.8 Å². The second-order valence-corrected chi connectivity index (χ2v) is 6.60. The minimum atomic E-state index is -0.419. The van der Waals surface area contributed by atoms with E-state index in [1.165, 1.54) is 0 Å². The van der Waals surface area contributed by atoms with Gasteiger partial charge in [0.25, 0.3) is 11.8 Å². The van der Waals surface area contributed by atoms with Crippen LogP contribution < -0.4 is 15.4 Å². The average molecular weight is 378 g/mol. The first-order valence-corrected chi connectivity index (χ1v) is 9.00. The molecule has 1 aromatic heterocycles. The van der Waals surface area contributed by atoms with Crippen LogP contribution in [0.4, 0.5) is 5.69 Å². The average Bonchev–Trinajstić information content (AvgIpc) is 3.12. The summed E-state index contributed by atoms with van der Waals surface area (Å²) < 4.78 is 10.5. The minimum Gasteiger partial charge on any atom is -0.497 e. The van der Waals surface area contributed by atoms with Gasteiger partial charge in [0.15, 0.2) is 0 Å². The third-order valence-corrected chi connectivity index (χ3v) is 4.14. The van der Waals surface area contributed by atoms with Crippen molar-refractivity contribution in [2.75, 3.05) is 25.6 Å². The van der Waals surface area contributed by atoms with Crippen LogP contribution in [0, 0.1) is 0 Å². The van der Waals surface area contributed by atoms with E-state index in [0.29, 0.717) is 31.0 Å². The van der Waals surface area contributed by atoms with Gasteiger partial charge in [-0.25, -0.2) is 0 Å². The van der Waals surface area contributed by atoms with Crippen molar-refractivity contribution >= 4 is 28.8 Å². The first kappa shape index (κ1) is 19.8. The molecular weight excluding hydrogens is 356 g/mol. The van der Waals surface area contributed by atoms with Crippen LogP contribution in [0.5, 0.6) is 5.75 Å². The molecule has 140 valence electrons. The number of benzene rings is 1. The van der Waals surface area contributed by atoms with E-state index in [9.17, 15) is 9.59 Å². The van der Waals surface area contributed by atoms with E-state index in [4.69, 9.17) is 9.47 Å². The number of rotatable bonds is 9. The molecule has 0 aliphatic carbocycles. The smallest absolute Gasteiger partial charge is 0.286 e. The zero-order valence-corrected chi connectivity index (χ0v) is 15.8. The molecule has 0 bridgehead atoms. The largest absolute Gasteiger partial charge is 0.497 e. The summed E-state index contributed by atoms with van der Waals surface area (Å²) >= 11 is 0.942. The SMILES string of the molecule is COc1ccc(NC(=O)c2nnc(C(=O)NCCCOC(C)C)s2)cc1. The predicted octanol–water partition coefficient (Wildman–Crippen LogP) is 2.34. The second kappa shape index (κ2) is 9.83. The number of hydrogen-bond donors (Lipinski definition) is 2. The predicted molar refractivity (Wildman–Crippen MR) is 98.9 cm³/mol. The van der Waals surface area contributed by atoms with Gasteiger partial charge in [-0.1, -0.05) is 11.3 Å². The molecule has 0 atom stereocenters. The summed E-state index contributed by atoms with van der Waals surface area (Å²) in [6.45, 7) is 4.96. The summed E-state index contributed by atoms with van der Waals surface area (Å²) in [6.07, 6.45) is 0.869. The Bertz CT molecular complexity index is 731. The van der Waals surface area contributed by atoms with Gasteiger partial charge in [-0.05, 0) is 44.5 Å². The van der Waals surface area contributed by atoms with E-state index in [1.54, 1.807) is 31.4 Å². The molecular formula is C17H22N4O4S. The number of anilines is 1. The fourth-order valence-corrected chi connectivity index (χ4v) is 2.59. The summed E-state index contributed by atoms with van der Waals surface area (Å²) in [4.78, 5) is 24.2. The lowest BCUT2D eigenvalue weighted by Gasteiger charge is -2.07. The van der Waals surface area contributed by atoms with Crippen LogP contribution in [0.15, 0.2) is 24.3 Å². The number of nitrogens with zero attached hydrogens (tertiary/aromatic N) is 2. The molecule has 0 aliphatic rings. The number of carbonyl (C=O) groups excluding carboxylic acids is 2. The number of nitrogens with one attached hydrogen (secondary N) is 2. The first-order valence-electron chi connectivity index (χ1n) is 8.18. The highest BCUT2D eigenvalue weighted by molar-refractivity contribution is 7.15. The van der Waals surface area contributed by atoms with Crippen LogP contribution in [0.3, 0.4) is 0 Å². The Kier molecular flexibility index (Phi) is 7.49. The number of hydrogen-bond acceptors (Lipinski definition) is 7. The Labute approximate surface area is 155 Å². The number of amides is 2. The Morgan fingerprint density at radius 1 is 1.12 bits per heavy atom. The maximum absolute atomic E-state index is 12.2. The monoisotopic (exact) mass is 378 g/mol. The summed E-state index contributed by atoms with van der Waals surface area (Å²) in [5, 5.41) is 13.3. The van der Waals surface area contributed by atoms with Gasteiger partial charge in [-0.15, -0.1) is 10.2 Å². The maximum Gasteiger partial charge on any atom is 0.286 e. The molecule has 0 saturated carbocycles. The van der Waals surface area contributed by atoms with Crippen LogP contribution in [0.2, 0.25) is 0 Å². The zero-order valence-electron chi connectivity index (χ0n) is 14.9. The van der Waals surface area contributed by atoms with Gasteiger partial charge in [0.2, 0.25) is 10.0 Å². The van der Waals surface area contributed by atoms with E-state index < -0.39 is 5.91 Å². The number of carbonyl (C=O) groups is 2. The Hall–Kier alpha value is -2.52. The van der Waals surface area contributed by atoms with Crippen molar-refractivity contribution in [3.05, 3.63) is 34.3 Å². The first-order chi connectivity index (χ1) is 12.5. The molecule has 0 saturated heterocycles. The molecule has 9 heteroatoms. The standard InChI is InChI=1S/C17H22N4O4S/c1-11(2)25-10-4-9-18-14(22)16-20-21-17(26-16)15(23)19-12-5-7-13(24-3)8-6-12/h5-8,11H,4,9-10H2,1-3H3,(H,18,22)(H,19,23). The highest BCUT2D eigenvalue weighted by Crippen LogP contribution is 2.17. The van der Waals surface area contributed by atoms with E-state index in [0.717, 1.165) is 11.3 Å². The third-order valence-electron chi connectivity index (χ3n) is 3.22. The molecule has 2 rings (SSSR count). The van der Waals surface area contributed by atoms with Gasteiger partial charge >= 0.3 is 0 Å². The zero-order chi connectivity index (χ0) is 18.9. The lowest BCUT2D eigenvalue weighted by atomic mass is 10.3. The molecule has 2 amide bonds. The molecule has 2 aromatic rings. The Balaban J connectivity index is 1.83. The van der Waals surface area contributed by atoms with Gasteiger partial charge in [0.1, 0.15) is 5.75 Å². The van der Waals surface area contributed by atoms with Crippen molar-refractivity contribution in [2.24, 2.45) is 0 Å². The van der Waals surface area contributed by atoms with Crippen LogP contribution in [-0.2, 0) is 4.74 Å². The Morgan fingerprint density at radius 2 is 1.77 bits per heavy atom. The Morgan fingerprint density at radius 3 is 2.38 bits per heavy atom. The molecule has 2 N–H and O–H groups in total. The summed E-state index contributed by atoms with van der Waals surface area (Å²) in [6, 6.07) is 6.89. The molecule has 26 heavy (non-hydrogen) atoms. The van der Waals surface area contributed by atoms with Crippen LogP contribution in [0.25, 0.3) is 0 Å². The quantitative estimate of drug-likeness (QED) is 0.649. The van der Waals surface area contributed by atoms with E-state index in [-0.39, 0.29) is 22.0 Å². The number of ether oxygens (including phenoxy) is 2. The normalized spacial score (nSPS) is 10.6. The second-order valence-electron chi connectivity index (χ2n) is 5.62. The maximum atomic E-state index is 12.2. The van der Waals surface area contributed by atoms with Gasteiger partial charge in [0, 0.05) is 18.8 Å². The lowest BCUT2D eigenvalue weighted by molar-refractivity contribution is 0.0757. The molecule has 8 nitrogen and oxygen atoms in total. The number of methoxy groups -OCH3 is 1. The molecule has 0 radical (unpaired) electrons. The van der Waals surface area contributed by atoms with Crippen molar-refractivity contribution in [3.8, 4) is 5.75 Å². The highest BCUT2D eigenvalue weighted by atomic mass is 32.1. The fraction of sp³-hybridized carbons (Fsp3) is 0.412. The van der Waals surface area contributed by atoms with Gasteiger partial charge in [-0.2, -0.15) is 0 Å². The number of aromatic nitrogens is 2. The van der Waals surface area contributed by atoms with Crippen molar-refractivity contribution in [3.63, 3.8) is 0 Å². The van der Waals surface area contributed by atoms with Gasteiger partial charge in [0.05, 0.1) is 13.2 Å². The van der Waals surface area contributed by atoms with Gasteiger partial charge < -0.3 is 20.1 Å². The fourth-order valence-electron chi connectivity index (χ4n) is 1.93. The van der Waals surface area contributed by atoms with Crippen LogP contribution in [0.1, 0.15) is 39.9 Å². The van der Waals surface area contributed by atoms with Gasteiger partial charge in [-0.3, -0.25) is 9.59 Å². The summed E-state index contributed by atoms with van der Waals surface area (Å²) in [7, 11) is 1.57. The highest BCUT2D eigenvalue weighted by Gasteiger charge is 2.17. The van der Waals surface area contributed by atoms with E-state index >= 15 is 0 Å². The lowest BCUT2D eigenvalue weighted by Crippen LogP contribution is -2.25. The molecule has 0 aliphatic heterocycles. The van der Waals surface area contributed by atoms with Crippen LogP contribution in [-0.4, -0.2) is 48.4 Å². The molecule has 0 unspecified atom stereocenters. The third kappa shape index (κ3) is 6.08. The van der Waals surface area contributed by atoms with Crippen molar-refractivity contribution < 1.29 is 19.1 Å². The van der Waals surface area contributed by atoms with Crippen molar-refractivity contribution in [1.29, 1.82) is 0 Å². The minimum absolute atomic E-state index is 0.120. The molecule has 1 heterocycles. The van der Waals surface area contributed by atoms with Crippen molar-refractivity contribution in [2.45, 2.75) is 26.4 Å². The topological polar surface area (TPSA) is 102 Å². The van der Waals surface area contributed by atoms with Crippen molar-refractivity contribution in [1.82, 2.24) is 15.5 Å². The molecule has 0 spiro atoms. The molecule has 1 aromatic carbocycles. The summed E-state index contributed by atoms with van der Waals surface area (Å²) in [5.74, 6) is -0.0794. The van der Waals surface area contributed by atoms with Crippen LogP contribution >= 0.6 is 11.3 Å².